The highest BCUT2D eigenvalue weighted by Gasteiger charge is 2.14. The van der Waals surface area contributed by atoms with Gasteiger partial charge in [0.2, 0.25) is 5.95 Å². The molecular formula is C27H33N7. The van der Waals surface area contributed by atoms with E-state index in [9.17, 15) is 0 Å². The van der Waals surface area contributed by atoms with Crippen molar-refractivity contribution in [3.63, 3.8) is 0 Å². The van der Waals surface area contributed by atoms with E-state index in [1.807, 2.05) is 42.2 Å². The molecule has 1 aliphatic carbocycles. The molecule has 0 amide bonds. The summed E-state index contributed by atoms with van der Waals surface area (Å²) in [5.41, 5.74) is 8.02. The molecule has 7 nitrogen and oxygen atoms in total. The van der Waals surface area contributed by atoms with Crippen LogP contribution >= 0.6 is 0 Å². The predicted octanol–water partition coefficient (Wildman–Crippen LogP) is 4.60. The number of hydrogen-bond acceptors (Lipinski definition) is 6. The van der Waals surface area contributed by atoms with Gasteiger partial charge in [-0.05, 0) is 63.2 Å². The lowest BCUT2D eigenvalue weighted by atomic mass is 10.00. The Bertz CT molecular complexity index is 1280. The first-order chi connectivity index (χ1) is 16.4. The first-order valence-electron chi connectivity index (χ1n) is 11.5. The quantitative estimate of drug-likeness (QED) is 0.509. The average Bonchev–Trinajstić information content (AvgIpc) is 3.24. The minimum atomic E-state index is 0.592. The number of anilines is 1. The maximum absolute atomic E-state index is 4.72. The van der Waals surface area contributed by atoms with E-state index in [-0.39, 0.29) is 0 Å². The highest BCUT2D eigenvalue weighted by atomic mass is 15.2. The van der Waals surface area contributed by atoms with Gasteiger partial charge in [-0.25, -0.2) is 14.5 Å². The van der Waals surface area contributed by atoms with E-state index < -0.39 is 0 Å². The van der Waals surface area contributed by atoms with Crippen LogP contribution in [0.25, 0.3) is 17.2 Å². The van der Waals surface area contributed by atoms with E-state index in [4.69, 9.17) is 4.98 Å². The summed E-state index contributed by atoms with van der Waals surface area (Å²) < 4.78 is 1.84. The van der Waals surface area contributed by atoms with E-state index in [0.717, 1.165) is 65.1 Å². The molecule has 0 fully saturated rings. The minimum Gasteiger partial charge on any atom is -0.377 e. The number of fused-ring (bicyclic) bond motifs is 1. The number of pyridine rings is 1. The Kier molecular flexibility index (Phi) is 6.93. The van der Waals surface area contributed by atoms with Crippen LogP contribution in [0.1, 0.15) is 35.2 Å². The van der Waals surface area contributed by atoms with Crippen LogP contribution in [-0.4, -0.2) is 63.6 Å². The van der Waals surface area contributed by atoms with Crippen molar-refractivity contribution < 1.29 is 0 Å². The highest BCUT2D eigenvalue weighted by molar-refractivity contribution is 5.82. The van der Waals surface area contributed by atoms with Crippen molar-refractivity contribution >= 4 is 23.1 Å². The molecule has 0 aromatic carbocycles. The standard InChI is InChI=1S/C27H33N7/c1-7-21-17-29-34-12-11-22(15-26(21)34)19(2)25-18-28-27(30-20(25)3)31-23-9-8-10-24(16-23)33(6)14-13-32(4)5/h7,9,11-12,15-18H,1-2,8,10,13-14H2,3-6H3,(H,28,30,31). The lowest BCUT2D eigenvalue weighted by Crippen LogP contribution is -2.29. The zero-order valence-electron chi connectivity index (χ0n) is 20.5. The van der Waals surface area contributed by atoms with Gasteiger partial charge in [0, 0.05) is 55.1 Å². The van der Waals surface area contributed by atoms with E-state index in [0.29, 0.717) is 5.95 Å². The van der Waals surface area contributed by atoms with Gasteiger partial charge in [-0.1, -0.05) is 25.3 Å². The summed E-state index contributed by atoms with van der Waals surface area (Å²) in [5.74, 6) is 0.592. The fourth-order valence-electron chi connectivity index (χ4n) is 4.02. The third-order valence-electron chi connectivity index (χ3n) is 6.14. The van der Waals surface area contributed by atoms with Crippen LogP contribution in [0.3, 0.4) is 0 Å². The molecule has 176 valence electrons. The van der Waals surface area contributed by atoms with E-state index in [2.05, 4.69) is 77.7 Å². The van der Waals surface area contributed by atoms with Crippen LogP contribution < -0.4 is 5.32 Å². The first kappa shape index (κ1) is 23.4. The normalized spacial score (nSPS) is 13.6. The summed E-state index contributed by atoms with van der Waals surface area (Å²) in [5, 5.41) is 7.74. The average molecular weight is 456 g/mol. The summed E-state index contributed by atoms with van der Waals surface area (Å²) in [6, 6.07) is 4.08. The first-order valence-corrected chi connectivity index (χ1v) is 11.5. The molecule has 0 bridgehead atoms. The van der Waals surface area contributed by atoms with Crippen molar-refractivity contribution in [2.45, 2.75) is 19.8 Å². The summed E-state index contributed by atoms with van der Waals surface area (Å²) in [4.78, 5) is 13.8. The van der Waals surface area contributed by atoms with Gasteiger partial charge in [-0.15, -0.1) is 0 Å². The Morgan fingerprint density at radius 2 is 2.06 bits per heavy atom. The molecule has 0 radical (unpaired) electrons. The van der Waals surface area contributed by atoms with Gasteiger partial charge < -0.3 is 15.1 Å². The molecule has 0 aliphatic heterocycles. The van der Waals surface area contributed by atoms with Crippen molar-refractivity contribution in [1.29, 1.82) is 0 Å². The summed E-state index contributed by atoms with van der Waals surface area (Å²) in [6.07, 6.45) is 13.8. The number of nitrogens with zero attached hydrogens (tertiary/aromatic N) is 6. The van der Waals surface area contributed by atoms with Gasteiger partial charge in [0.25, 0.3) is 0 Å². The molecule has 34 heavy (non-hydrogen) atoms. The number of aromatic nitrogens is 4. The van der Waals surface area contributed by atoms with Crippen LogP contribution in [0, 0.1) is 6.92 Å². The third kappa shape index (κ3) is 5.10. The molecule has 0 unspecified atom stereocenters. The van der Waals surface area contributed by atoms with Crippen molar-refractivity contribution in [3.05, 3.63) is 89.8 Å². The zero-order valence-corrected chi connectivity index (χ0v) is 20.5. The molecule has 3 aromatic rings. The van der Waals surface area contributed by atoms with Crippen LogP contribution in [0.5, 0.6) is 0 Å². The molecule has 0 saturated carbocycles. The van der Waals surface area contributed by atoms with Gasteiger partial charge in [0.15, 0.2) is 0 Å². The van der Waals surface area contributed by atoms with Crippen LogP contribution in [-0.2, 0) is 0 Å². The Morgan fingerprint density at radius 1 is 1.24 bits per heavy atom. The second-order valence-electron chi connectivity index (χ2n) is 8.90. The summed E-state index contributed by atoms with van der Waals surface area (Å²) >= 11 is 0. The van der Waals surface area contributed by atoms with Crippen LogP contribution in [0.4, 0.5) is 5.95 Å². The molecule has 4 rings (SSSR count). The molecule has 0 spiro atoms. The van der Waals surface area contributed by atoms with Gasteiger partial charge in [-0.2, -0.15) is 5.10 Å². The Balaban J connectivity index is 1.49. The summed E-state index contributed by atoms with van der Waals surface area (Å²) in [6.45, 7) is 12.2. The van der Waals surface area contributed by atoms with Crippen molar-refractivity contribution in [2.75, 3.05) is 39.5 Å². The van der Waals surface area contributed by atoms with Gasteiger partial charge in [-0.3, -0.25) is 0 Å². The van der Waals surface area contributed by atoms with E-state index in [1.165, 1.54) is 5.70 Å². The molecular weight excluding hydrogens is 422 g/mol. The Labute approximate surface area is 201 Å². The Morgan fingerprint density at radius 3 is 2.79 bits per heavy atom. The SMILES string of the molecule is C=Cc1cnn2ccc(C(=C)c3cnc(NC4=CCCC(N(C)CCN(C)C)=C4)nc3C)cc12. The van der Waals surface area contributed by atoms with Crippen molar-refractivity contribution in [2.24, 2.45) is 0 Å². The maximum Gasteiger partial charge on any atom is 0.227 e. The fourth-order valence-corrected chi connectivity index (χ4v) is 4.02. The number of allylic oxidation sites excluding steroid dienone is 3. The lowest BCUT2D eigenvalue weighted by molar-refractivity contribution is 0.319. The number of aryl methyl sites for hydroxylation is 1. The molecule has 3 aromatic heterocycles. The molecule has 7 heteroatoms. The second kappa shape index (κ2) is 10.1. The van der Waals surface area contributed by atoms with E-state index >= 15 is 0 Å². The van der Waals surface area contributed by atoms with Gasteiger partial charge in [0.1, 0.15) is 0 Å². The number of nitrogens with one attached hydrogen (secondary N) is 1. The van der Waals surface area contributed by atoms with Crippen LogP contribution in [0.2, 0.25) is 0 Å². The van der Waals surface area contributed by atoms with Crippen molar-refractivity contribution in [3.8, 4) is 0 Å². The topological polar surface area (TPSA) is 61.6 Å². The zero-order chi connectivity index (χ0) is 24.2. The highest BCUT2D eigenvalue weighted by Crippen LogP contribution is 2.26. The Hall–Kier alpha value is -3.71. The van der Waals surface area contributed by atoms with Gasteiger partial charge in [0.05, 0.1) is 17.4 Å². The van der Waals surface area contributed by atoms with Gasteiger partial charge >= 0.3 is 0 Å². The fraction of sp³-hybridized carbons (Fsp3) is 0.296. The second-order valence-corrected chi connectivity index (χ2v) is 8.90. The smallest absolute Gasteiger partial charge is 0.227 e. The van der Waals surface area contributed by atoms with Crippen LogP contribution in [0.15, 0.2) is 67.4 Å². The molecule has 0 atom stereocenters. The molecule has 1 N–H and O–H groups in total. The molecule has 1 aliphatic rings. The monoisotopic (exact) mass is 455 g/mol. The lowest BCUT2D eigenvalue weighted by Gasteiger charge is -2.26. The summed E-state index contributed by atoms with van der Waals surface area (Å²) in [7, 11) is 6.35. The largest absolute Gasteiger partial charge is 0.377 e. The van der Waals surface area contributed by atoms with Crippen molar-refractivity contribution in [1.82, 2.24) is 29.4 Å². The number of likely N-dealkylation sites (N-methyl/N-ethyl adjacent to an activating group) is 2. The number of hydrogen-bond donors (Lipinski definition) is 1. The third-order valence-corrected chi connectivity index (χ3v) is 6.14. The number of rotatable bonds is 9. The maximum atomic E-state index is 4.72. The van der Waals surface area contributed by atoms with E-state index in [1.54, 1.807) is 0 Å². The predicted molar refractivity (Wildman–Crippen MR) is 140 cm³/mol. The molecule has 0 saturated heterocycles. The molecule has 3 heterocycles. The minimum absolute atomic E-state index is 0.592.